The summed E-state index contributed by atoms with van der Waals surface area (Å²) in [5.74, 6) is 0.706. The van der Waals surface area contributed by atoms with Crippen LogP contribution in [0.3, 0.4) is 0 Å². The van der Waals surface area contributed by atoms with E-state index in [1.807, 2.05) is 36.4 Å². The van der Waals surface area contributed by atoms with Crippen molar-refractivity contribution in [1.82, 2.24) is 9.97 Å². The molecule has 0 aliphatic carbocycles. The molecule has 1 aliphatic rings. The van der Waals surface area contributed by atoms with Crippen molar-refractivity contribution in [3.8, 4) is 17.3 Å². The van der Waals surface area contributed by atoms with Crippen LogP contribution in [0.1, 0.15) is 17.7 Å². The molecule has 0 saturated carbocycles. The maximum absolute atomic E-state index is 13.0. The number of benzene rings is 1. The van der Waals surface area contributed by atoms with Crippen molar-refractivity contribution in [2.45, 2.75) is 12.0 Å². The van der Waals surface area contributed by atoms with Crippen molar-refractivity contribution in [1.29, 1.82) is 5.26 Å². The van der Waals surface area contributed by atoms with E-state index >= 15 is 0 Å². The number of pyridine rings is 1. The summed E-state index contributed by atoms with van der Waals surface area (Å²) in [5, 5.41) is 9.21. The molecule has 3 aromatic rings. The van der Waals surface area contributed by atoms with Gasteiger partial charge in [-0.3, -0.25) is 4.98 Å². The fraction of sp³-hybridized carbons (Fsp3) is 0.182. The Morgan fingerprint density at radius 3 is 2.75 bits per heavy atom. The number of aromatic nitrogens is 2. The summed E-state index contributed by atoms with van der Waals surface area (Å²) >= 11 is 0. The summed E-state index contributed by atoms with van der Waals surface area (Å²) in [6.07, 6.45) is 6.22. The maximum Gasteiger partial charge on any atom is 0.123 e. The fourth-order valence-corrected chi connectivity index (χ4v) is 3.33. The number of nitriles is 1. The molecule has 0 spiro atoms. The predicted octanol–water partition coefficient (Wildman–Crippen LogP) is 3.82. The molecule has 1 saturated heterocycles. The monoisotopic (exact) mass is 373 g/mol. The van der Waals surface area contributed by atoms with Gasteiger partial charge in [-0.15, -0.1) is 0 Å². The third-order valence-corrected chi connectivity index (χ3v) is 4.94. The van der Waals surface area contributed by atoms with Gasteiger partial charge in [0.2, 0.25) is 0 Å². The highest BCUT2D eigenvalue weighted by atomic mass is 19.1. The molecule has 3 heterocycles. The average molecular weight is 373 g/mol. The van der Waals surface area contributed by atoms with Gasteiger partial charge in [-0.25, -0.2) is 4.39 Å². The first kappa shape index (κ1) is 18.0. The van der Waals surface area contributed by atoms with E-state index in [4.69, 9.17) is 5.73 Å². The third kappa shape index (κ3) is 3.80. The fourth-order valence-electron chi connectivity index (χ4n) is 3.33. The second kappa shape index (κ2) is 7.29. The molecule has 3 N–H and O–H groups in total. The van der Waals surface area contributed by atoms with Crippen LogP contribution in [0.15, 0.2) is 54.7 Å². The molecule has 140 valence electrons. The summed E-state index contributed by atoms with van der Waals surface area (Å²) in [6.45, 7) is 1.28. The van der Waals surface area contributed by atoms with E-state index in [1.165, 1.54) is 12.1 Å². The number of nitrogens with one attached hydrogen (secondary N) is 1. The highest BCUT2D eigenvalue weighted by Crippen LogP contribution is 2.28. The number of aromatic amines is 1. The van der Waals surface area contributed by atoms with E-state index in [2.05, 4.69) is 20.9 Å². The Morgan fingerprint density at radius 2 is 2.00 bits per heavy atom. The molecular weight excluding hydrogens is 353 g/mol. The first-order chi connectivity index (χ1) is 13.5. The van der Waals surface area contributed by atoms with Gasteiger partial charge in [0.25, 0.3) is 0 Å². The molecule has 1 atom stereocenters. The lowest BCUT2D eigenvalue weighted by atomic mass is 10.0. The van der Waals surface area contributed by atoms with Crippen LogP contribution in [0.25, 0.3) is 23.4 Å². The van der Waals surface area contributed by atoms with Gasteiger partial charge < -0.3 is 15.6 Å². The van der Waals surface area contributed by atoms with E-state index in [0.717, 1.165) is 34.9 Å². The minimum absolute atomic E-state index is 0.250. The van der Waals surface area contributed by atoms with E-state index in [-0.39, 0.29) is 5.82 Å². The molecule has 5 nitrogen and oxygen atoms in total. The molecule has 0 bridgehead atoms. The lowest BCUT2D eigenvalue weighted by Crippen LogP contribution is -2.41. The van der Waals surface area contributed by atoms with Crippen LogP contribution in [-0.4, -0.2) is 28.6 Å². The third-order valence-electron chi connectivity index (χ3n) is 4.94. The van der Waals surface area contributed by atoms with Crippen molar-refractivity contribution in [2.24, 2.45) is 5.73 Å². The standard InChI is InChI=1S/C22H20FN5/c23-18-4-1-16(2-5-18)3-6-19-13-17(9-11-26-19)20-7-8-21(27-20)28-12-10-22(25,14-24)15-28/h1-9,11,13,27H,10,12,15,25H2/t22-/m0/s1. The van der Waals surface area contributed by atoms with Crippen LogP contribution in [-0.2, 0) is 0 Å². The minimum Gasteiger partial charge on any atom is -0.355 e. The van der Waals surface area contributed by atoms with Crippen LogP contribution in [0.2, 0.25) is 0 Å². The number of hydrogen-bond acceptors (Lipinski definition) is 4. The molecule has 0 radical (unpaired) electrons. The number of nitrogens with two attached hydrogens (primary N) is 1. The number of halogens is 1. The van der Waals surface area contributed by atoms with Crippen LogP contribution in [0, 0.1) is 17.1 Å². The van der Waals surface area contributed by atoms with Gasteiger partial charge >= 0.3 is 0 Å². The number of hydrogen-bond donors (Lipinski definition) is 2. The Kier molecular flexibility index (Phi) is 4.68. The second-order valence-electron chi connectivity index (χ2n) is 7.05. The quantitative estimate of drug-likeness (QED) is 0.728. The number of H-pyrrole nitrogens is 1. The summed E-state index contributed by atoms with van der Waals surface area (Å²) < 4.78 is 13.0. The zero-order chi connectivity index (χ0) is 19.6. The molecule has 1 aromatic carbocycles. The largest absolute Gasteiger partial charge is 0.355 e. The smallest absolute Gasteiger partial charge is 0.123 e. The van der Waals surface area contributed by atoms with Crippen molar-refractivity contribution < 1.29 is 4.39 Å². The molecule has 28 heavy (non-hydrogen) atoms. The summed E-state index contributed by atoms with van der Waals surface area (Å²) in [6, 6.07) is 16.5. The minimum atomic E-state index is -0.778. The zero-order valence-corrected chi connectivity index (χ0v) is 15.3. The van der Waals surface area contributed by atoms with Gasteiger partial charge in [0.15, 0.2) is 0 Å². The molecule has 4 rings (SSSR count). The summed E-state index contributed by atoms with van der Waals surface area (Å²) in [7, 11) is 0. The van der Waals surface area contributed by atoms with Crippen LogP contribution >= 0.6 is 0 Å². The molecule has 0 unspecified atom stereocenters. The van der Waals surface area contributed by atoms with Gasteiger partial charge in [0.1, 0.15) is 17.2 Å². The Morgan fingerprint density at radius 1 is 1.18 bits per heavy atom. The Balaban J connectivity index is 1.51. The first-order valence-corrected chi connectivity index (χ1v) is 9.09. The highest BCUT2D eigenvalue weighted by molar-refractivity contribution is 5.71. The van der Waals surface area contributed by atoms with E-state index in [1.54, 1.807) is 18.3 Å². The molecule has 0 amide bonds. The summed E-state index contributed by atoms with van der Waals surface area (Å²) in [5.41, 5.74) is 8.99. The van der Waals surface area contributed by atoms with Gasteiger partial charge in [0.05, 0.1) is 18.3 Å². The van der Waals surface area contributed by atoms with Crippen molar-refractivity contribution in [3.63, 3.8) is 0 Å². The topological polar surface area (TPSA) is 81.7 Å². The average Bonchev–Trinajstić information content (AvgIpc) is 3.35. The van der Waals surface area contributed by atoms with Crippen LogP contribution in [0.4, 0.5) is 10.2 Å². The predicted molar refractivity (Wildman–Crippen MR) is 109 cm³/mol. The van der Waals surface area contributed by atoms with Crippen molar-refractivity contribution >= 4 is 18.0 Å². The normalized spacial score (nSPS) is 19.2. The number of anilines is 1. The van der Waals surface area contributed by atoms with Gasteiger partial charge in [-0.2, -0.15) is 5.26 Å². The summed E-state index contributed by atoms with van der Waals surface area (Å²) in [4.78, 5) is 9.88. The lowest BCUT2D eigenvalue weighted by molar-refractivity contribution is 0.605. The highest BCUT2D eigenvalue weighted by Gasteiger charge is 2.35. The van der Waals surface area contributed by atoms with Gasteiger partial charge in [-0.1, -0.05) is 18.2 Å². The van der Waals surface area contributed by atoms with Crippen LogP contribution in [0.5, 0.6) is 0 Å². The van der Waals surface area contributed by atoms with E-state index in [0.29, 0.717) is 13.0 Å². The molecule has 2 aromatic heterocycles. The van der Waals surface area contributed by atoms with Gasteiger partial charge in [0, 0.05) is 24.0 Å². The number of rotatable bonds is 4. The molecule has 6 heteroatoms. The Bertz CT molecular complexity index is 1050. The Labute approximate surface area is 162 Å². The van der Waals surface area contributed by atoms with Crippen molar-refractivity contribution in [2.75, 3.05) is 18.0 Å². The molecule has 1 fully saturated rings. The van der Waals surface area contributed by atoms with Gasteiger partial charge in [-0.05, 0) is 54.5 Å². The SMILES string of the molecule is N#C[C@@]1(N)CCN(c2ccc(-c3ccnc(C=Cc4ccc(F)cc4)c3)[nH]2)C1. The van der Waals surface area contributed by atoms with E-state index in [9.17, 15) is 9.65 Å². The zero-order valence-electron chi connectivity index (χ0n) is 15.3. The molecular formula is C22H20FN5. The van der Waals surface area contributed by atoms with Crippen LogP contribution < -0.4 is 10.6 Å². The van der Waals surface area contributed by atoms with E-state index < -0.39 is 5.54 Å². The van der Waals surface area contributed by atoms with Crippen molar-refractivity contribution in [3.05, 3.63) is 71.8 Å². The Hall–Kier alpha value is -3.43. The maximum atomic E-state index is 13.0. The first-order valence-electron chi connectivity index (χ1n) is 9.09. The molecule has 1 aliphatic heterocycles. The lowest BCUT2D eigenvalue weighted by Gasteiger charge is -2.18. The number of nitrogens with zero attached hydrogens (tertiary/aromatic N) is 3. The second-order valence-corrected chi connectivity index (χ2v) is 7.05.